The van der Waals surface area contributed by atoms with Gasteiger partial charge in [0.05, 0.1) is 11.9 Å². The molecular weight excluding hydrogens is 336 g/mol. The Morgan fingerprint density at radius 1 is 1.16 bits per heavy atom. The number of fused-ring (bicyclic) bond motifs is 1. The van der Waals surface area contributed by atoms with Gasteiger partial charge in [0.2, 0.25) is 10.0 Å². The molecule has 0 unspecified atom stereocenters. The quantitative estimate of drug-likeness (QED) is 0.649. The zero-order valence-corrected chi connectivity index (χ0v) is 15.2. The highest BCUT2D eigenvalue weighted by Crippen LogP contribution is 2.27. The molecule has 0 saturated carbocycles. The number of hydrogen-bond acceptors (Lipinski definition) is 3. The monoisotopic (exact) mass is 358 g/mol. The average molecular weight is 358 g/mol. The van der Waals surface area contributed by atoms with Gasteiger partial charge in [0.15, 0.2) is 5.96 Å². The number of guanidine groups is 1. The third-order valence-corrected chi connectivity index (χ3v) is 4.70. The van der Waals surface area contributed by atoms with Crippen LogP contribution < -0.4 is 14.9 Å². The number of sulfonamides is 1. The van der Waals surface area contributed by atoms with Crippen LogP contribution in [-0.2, 0) is 23.0 Å². The Labute approximate surface area is 148 Å². The van der Waals surface area contributed by atoms with Gasteiger partial charge >= 0.3 is 0 Å². The van der Waals surface area contributed by atoms with Crippen molar-refractivity contribution < 1.29 is 8.42 Å². The number of nitrogens with zero attached hydrogens (tertiary/aromatic N) is 2. The summed E-state index contributed by atoms with van der Waals surface area (Å²) in [7, 11) is -1.56. The van der Waals surface area contributed by atoms with E-state index in [2.05, 4.69) is 32.1 Å². The van der Waals surface area contributed by atoms with Gasteiger partial charge in [-0.3, -0.25) is 9.71 Å². The fourth-order valence-corrected chi connectivity index (χ4v) is 3.60. The smallest absolute Gasteiger partial charge is 0.229 e. The predicted octanol–water partition coefficient (Wildman–Crippen LogP) is 2.20. The normalized spacial score (nSPS) is 14.3. The van der Waals surface area contributed by atoms with Gasteiger partial charge in [-0.1, -0.05) is 36.4 Å². The second-order valence-electron chi connectivity index (χ2n) is 5.96. The first kappa shape index (κ1) is 17.3. The second-order valence-corrected chi connectivity index (χ2v) is 7.71. The summed E-state index contributed by atoms with van der Waals surface area (Å²) in [5, 5.41) is 3.34. The van der Waals surface area contributed by atoms with Gasteiger partial charge in [0.1, 0.15) is 0 Å². The molecule has 0 aromatic heterocycles. The summed E-state index contributed by atoms with van der Waals surface area (Å²) in [5.74, 6) is 0.777. The lowest BCUT2D eigenvalue weighted by atomic mass is 10.2. The summed E-state index contributed by atoms with van der Waals surface area (Å²) >= 11 is 0. The maximum atomic E-state index is 11.5. The van der Waals surface area contributed by atoms with E-state index in [9.17, 15) is 8.42 Å². The van der Waals surface area contributed by atoms with Crippen LogP contribution in [0.2, 0.25) is 0 Å². The van der Waals surface area contributed by atoms with E-state index in [1.54, 1.807) is 13.1 Å². The summed E-state index contributed by atoms with van der Waals surface area (Å²) in [5.41, 5.74) is 3.92. The van der Waals surface area contributed by atoms with Crippen molar-refractivity contribution in [1.29, 1.82) is 0 Å². The zero-order valence-electron chi connectivity index (χ0n) is 14.4. The minimum atomic E-state index is -3.32. The van der Waals surface area contributed by atoms with E-state index in [0.29, 0.717) is 12.2 Å². The number of benzene rings is 2. The third kappa shape index (κ3) is 4.11. The maximum Gasteiger partial charge on any atom is 0.229 e. The van der Waals surface area contributed by atoms with Crippen molar-refractivity contribution in [2.45, 2.75) is 13.0 Å². The topological polar surface area (TPSA) is 73.8 Å². The zero-order chi connectivity index (χ0) is 17.9. The Morgan fingerprint density at radius 2 is 1.88 bits per heavy atom. The molecule has 3 rings (SSSR count). The largest absolute Gasteiger partial charge is 0.352 e. The highest BCUT2D eigenvalue weighted by Gasteiger charge is 2.22. The molecular formula is C18H22N4O2S. The number of nitrogens with one attached hydrogen (secondary N) is 2. The maximum absolute atomic E-state index is 11.5. The standard InChI is InChI=1S/C18H22N4O2S/c1-19-18(22-12-11-14-7-4-6-10-17(14)22)20-13-15-8-3-5-9-16(15)21-25(2,23)24/h3-10,21H,11-13H2,1-2H3,(H,19,20). The number of hydrogen-bond donors (Lipinski definition) is 2. The number of rotatable bonds is 4. The Hall–Kier alpha value is -2.54. The Balaban J connectivity index is 1.75. The molecule has 25 heavy (non-hydrogen) atoms. The molecule has 132 valence electrons. The van der Waals surface area contributed by atoms with E-state index in [4.69, 9.17) is 0 Å². The van der Waals surface area contributed by atoms with Crippen LogP contribution >= 0.6 is 0 Å². The third-order valence-electron chi connectivity index (χ3n) is 4.10. The fraction of sp³-hybridized carbons (Fsp3) is 0.278. The van der Waals surface area contributed by atoms with Crippen molar-refractivity contribution in [2.24, 2.45) is 4.99 Å². The molecule has 0 spiro atoms. The molecule has 1 aliphatic rings. The minimum Gasteiger partial charge on any atom is -0.352 e. The first-order valence-electron chi connectivity index (χ1n) is 8.10. The number of anilines is 2. The van der Waals surface area contributed by atoms with E-state index < -0.39 is 10.0 Å². The van der Waals surface area contributed by atoms with Crippen LogP contribution in [-0.4, -0.2) is 34.2 Å². The van der Waals surface area contributed by atoms with Crippen molar-refractivity contribution in [3.05, 3.63) is 59.7 Å². The van der Waals surface area contributed by atoms with Gasteiger partial charge in [-0.25, -0.2) is 8.42 Å². The molecule has 1 heterocycles. The molecule has 2 N–H and O–H groups in total. The predicted molar refractivity (Wildman–Crippen MR) is 103 cm³/mol. The molecule has 0 amide bonds. The van der Waals surface area contributed by atoms with Crippen molar-refractivity contribution in [1.82, 2.24) is 5.32 Å². The molecule has 0 saturated heterocycles. The summed E-state index contributed by atoms with van der Waals surface area (Å²) in [4.78, 5) is 6.54. The lowest BCUT2D eigenvalue weighted by molar-refractivity contribution is 0.606. The minimum absolute atomic E-state index is 0.476. The van der Waals surface area contributed by atoms with Gasteiger partial charge in [-0.15, -0.1) is 0 Å². The van der Waals surface area contributed by atoms with Crippen molar-refractivity contribution >= 4 is 27.4 Å². The van der Waals surface area contributed by atoms with Gasteiger partial charge in [-0.05, 0) is 29.7 Å². The molecule has 2 aromatic carbocycles. The van der Waals surface area contributed by atoms with E-state index in [-0.39, 0.29) is 0 Å². The van der Waals surface area contributed by atoms with Crippen LogP contribution in [0.15, 0.2) is 53.5 Å². The lowest BCUT2D eigenvalue weighted by Gasteiger charge is -2.23. The van der Waals surface area contributed by atoms with Crippen LogP contribution in [0.3, 0.4) is 0 Å². The van der Waals surface area contributed by atoms with Gasteiger partial charge in [0.25, 0.3) is 0 Å². The van der Waals surface area contributed by atoms with Gasteiger partial charge < -0.3 is 10.2 Å². The SMILES string of the molecule is CN=C(NCc1ccccc1NS(C)(=O)=O)N1CCc2ccccc21. The molecule has 0 fully saturated rings. The van der Waals surface area contributed by atoms with Crippen molar-refractivity contribution in [3.63, 3.8) is 0 Å². The van der Waals surface area contributed by atoms with Gasteiger partial charge in [-0.2, -0.15) is 0 Å². The van der Waals surface area contributed by atoms with Gasteiger partial charge in [0, 0.05) is 25.8 Å². The summed E-state index contributed by atoms with van der Waals surface area (Å²) in [6.07, 6.45) is 2.14. The summed E-state index contributed by atoms with van der Waals surface area (Å²) < 4.78 is 25.6. The molecule has 0 radical (unpaired) electrons. The molecule has 0 atom stereocenters. The molecule has 0 bridgehead atoms. The first-order valence-corrected chi connectivity index (χ1v) is 9.99. The average Bonchev–Trinajstić information content (AvgIpc) is 3.00. The second kappa shape index (κ2) is 7.14. The lowest BCUT2D eigenvalue weighted by Crippen LogP contribution is -2.40. The Kier molecular flexibility index (Phi) is 4.94. The Morgan fingerprint density at radius 3 is 2.64 bits per heavy atom. The molecule has 0 aliphatic carbocycles. The van der Waals surface area contributed by atoms with Crippen LogP contribution in [0, 0.1) is 0 Å². The molecule has 2 aromatic rings. The van der Waals surface area contributed by atoms with Crippen LogP contribution in [0.25, 0.3) is 0 Å². The summed E-state index contributed by atoms with van der Waals surface area (Å²) in [6.45, 7) is 1.35. The first-order chi connectivity index (χ1) is 12.0. The van der Waals surface area contributed by atoms with Crippen molar-refractivity contribution in [3.8, 4) is 0 Å². The number of aliphatic imine (C=N–C) groups is 1. The molecule has 7 heteroatoms. The van der Waals surface area contributed by atoms with E-state index in [1.165, 1.54) is 5.56 Å². The van der Waals surface area contributed by atoms with Crippen LogP contribution in [0.4, 0.5) is 11.4 Å². The summed E-state index contributed by atoms with van der Waals surface area (Å²) in [6, 6.07) is 15.6. The highest BCUT2D eigenvalue weighted by molar-refractivity contribution is 7.92. The van der Waals surface area contributed by atoms with E-state index in [0.717, 1.165) is 36.4 Å². The Bertz CT molecular complexity index is 893. The highest BCUT2D eigenvalue weighted by atomic mass is 32.2. The van der Waals surface area contributed by atoms with Crippen LogP contribution in [0.5, 0.6) is 0 Å². The van der Waals surface area contributed by atoms with E-state index >= 15 is 0 Å². The molecule has 1 aliphatic heterocycles. The van der Waals surface area contributed by atoms with Crippen LogP contribution in [0.1, 0.15) is 11.1 Å². The fourth-order valence-electron chi connectivity index (χ4n) is 3.00. The van der Waals surface area contributed by atoms with Crippen molar-refractivity contribution in [2.75, 3.05) is 29.5 Å². The number of para-hydroxylation sites is 2. The van der Waals surface area contributed by atoms with E-state index in [1.807, 2.05) is 30.3 Å². The molecule has 6 nitrogen and oxygen atoms in total.